The molecule has 3 N–H and O–H groups in total. The molecule has 0 bridgehead atoms. The van der Waals surface area contributed by atoms with E-state index in [0.717, 1.165) is 11.4 Å². The molecule has 0 saturated carbocycles. The van der Waals surface area contributed by atoms with Crippen molar-refractivity contribution in [2.75, 3.05) is 25.0 Å². The van der Waals surface area contributed by atoms with E-state index >= 15 is 0 Å². The van der Waals surface area contributed by atoms with Crippen molar-refractivity contribution >= 4 is 17.6 Å². The van der Waals surface area contributed by atoms with Crippen LogP contribution in [0.25, 0.3) is 5.82 Å². The highest BCUT2D eigenvalue weighted by Gasteiger charge is 2.08. The summed E-state index contributed by atoms with van der Waals surface area (Å²) in [4.78, 5) is 23.7. The van der Waals surface area contributed by atoms with Crippen LogP contribution >= 0.6 is 0 Å². The fourth-order valence-electron chi connectivity index (χ4n) is 2.70. The third kappa shape index (κ3) is 5.61. The Morgan fingerprint density at radius 1 is 0.966 bits per heavy atom. The molecule has 0 atom stereocenters. The minimum Gasteiger partial charge on any atom is -0.367 e. The molecule has 2 heterocycles. The maximum absolute atomic E-state index is 11.9. The number of anilines is 1. The monoisotopic (exact) mass is 393 g/mol. The third-order valence-electron chi connectivity index (χ3n) is 4.08. The summed E-state index contributed by atoms with van der Waals surface area (Å²) in [6.45, 7) is 4.67. The summed E-state index contributed by atoms with van der Waals surface area (Å²) < 4.78 is 1.73. The Morgan fingerprint density at radius 3 is 2.41 bits per heavy atom. The van der Waals surface area contributed by atoms with Crippen LogP contribution in [-0.2, 0) is 4.79 Å². The van der Waals surface area contributed by atoms with Crippen LogP contribution in [0.4, 0.5) is 5.82 Å². The highest BCUT2D eigenvalue weighted by molar-refractivity contribution is 5.96. The molecule has 29 heavy (non-hydrogen) atoms. The van der Waals surface area contributed by atoms with E-state index in [1.807, 2.05) is 32.0 Å². The second-order valence-electron chi connectivity index (χ2n) is 6.44. The Hall–Kier alpha value is -3.75. The highest BCUT2D eigenvalue weighted by Crippen LogP contribution is 2.10. The SMILES string of the molecule is Cc1cc(C)n(-c2ccc(NCCNC(=O)CNC(=O)c3ccccc3)nn2)n1. The molecule has 0 aliphatic carbocycles. The van der Waals surface area contributed by atoms with Crippen molar-refractivity contribution in [3.63, 3.8) is 0 Å². The maximum atomic E-state index is 11.9. The number of rotatable bonds is 8. The molecule has 0 fully saturated rings. The van der Waals surface area contributed by atoms with E-state index in [9.17, 15) is 9.59 Å². The lowest BCUT2D eigenvalue weighted by Crippen LogP contribution is -2.38. The molecule has 9 nitrogen and oxygen atoms in total. The number of aryl methyl sites for hydroxylation is 2. The van der Waals surface area contributed by atoms with E-state index in [2.05, 4.69) is 31.2 Å². The van der Waals surface area contributed by atoms with Crippen LogP contribution in [0, 0.1) is 13.8 Å². The summed E-state index contributed by atoms with van der Waals surface area (Å²) in [7, 11) is 0. The topological polar surface area (TPSA) is 114 Å². The zero-order chi connectivity index (χ0) is 20.6. The van der Waals surface area contributed by atoms with Gasteiger partial charge in [0.05, 0.1) is 12.2 Å². The van der Waals surface area contributed by atoms with Crippen molar-refractivity contribution in [1.82, 2.24) is 30.6 Å². The molecular formula is C20H23N7O2. The van der Waals surface area contributed by atoms with Crippen molar-refractivity contribution in [1.29, 1.82) is 0 Å². The van der Waals surface area contributed by atoms with Gasteiger partial charge in [-0.15, -0.1) is 10.2 Å². The van der Waals surface area contributed by atoms with Crippen LogP contribution in [0.3, 0.4) is 0 Å². The molecule has 9 heteroatoms. The number of carbonyl (C=O) groups is 2. The Bertz CT molecular complexity index is 968. The normalized spacial score (nSPS) is 10.4. The fraction of sp³-hybridized carbons (Fsp3) is 0.250. The highest BCUT2D eigenvalue weighted by atomic mass is 16.2. The third-order valence-corrected chi connectivity index (χ3v) is 4.08. The van der Waals surface area contributed by atoms with E-state index in [0.29, 0.717) is 30.3 Å². The van der Waals surface area contributed by atoms with Gasteiger partial charge >= 0.3 is 0 Å². The number of hydrogen-bond donors (Lipinski definition) is 3. The Kier molecular flexibility index (Phi) is 6.51. The second-order valence-corrected chi connectivity index (χ2v) is 6.44. The van der Waals surface area contributed by atoms with Crippen LogP contribution in [0.15, 0.2) is 48.5 Å². The van der Waals surface area contributed by atoms with E-state index < -0.39 is 0 Å². The van der Waals surface area contributed by atoms with Crippen molar-refractivity contribution in [2.45, 2.75) is 13.8 Å². The van der Waals surface area contributed by atoms with Gasteiger partial charge in [0.15, 0.2) is 5.82 Å². The lowest BCUT2D eigenvalue weighted by atomic mass is 10.2. The first kappa shape index (κ1) is 20.0. The molecule has 0 aliphatic heterocycles. The van der Waals surface area contributed by atoms with E-state index in [4.69, 9.17) is 0 Å². The molecule has 3 aromatic rings. The number of aromatic nitrogens is 4. The fourth-order valence-corrected chi connectivity index (χ4v) is 2.70. The molecule has 0 spiro atoms. The summed E-state index contributed by atoms with van der Waals surface area (Å²) in [5, 5.41) is 21.1. The van der Waals surface area contributed by atoms with E-state index in [1.165, 1.54) is 0 Å². The average Bonchev–Trinajstić information content (AvgIpc) is 3.08. The van der Waals surface area contributed by atoms with Gasteiger partial charge in [0.25, 0.3) is 5.91 Å². The van der Waals surface area contributed by atoms with Crippen LogP contribution in [-0.4, -0.2) is 51.4 Å². The maximum Gasteiger partial charge on any atom is 0.251 e. The molecule has 3 rings (SSSR count). The Balaban J connectivity index is 1.37. The summed E-state index contributed by atoms with van der Waals surface area (Å²) in [6.07, 6.45) is 0. The lowest BCUT2D eigenvalue weighted by molar-refractivity contribution is -0.120. The van der Waals surface area contributed by atoms with Gasteiger partial charge in [0.1, 0.15) is 5.82 Å². The lowest BCUT2D eigenvalue weighted by Gasteiger charge is -2.09. The molecule has 2 aromatic heterocycles. The molecule has 0 saturated heterocycles. The van der Waals surface area contributed by atoms with Crippen molar-refractivity contribution in [2.24, 2.45) is 0 Å². The summed E-state index contributed by atoms with van der Waals surface area (Å²) >= 11 is 0. The molecule has 1 aromatic carbocycles. The van der Waals surface area contributed by atoms with Crippen molar-refractivity contribution in [3.05, 3.63) is 65.5 Å². The number of benzene rings is 1. The predicted molar refractivity (Wildman–Crippen MR) is 109 cm³/mol. The summed E-state index contributed by atoms with van der Waals surface area (Å²) in [5.74, 6) is 0.699. The molecule has 0 aliphatic rings. The van der Waals surface area contributed by atoms with Crippen LogP contribution in [0.2, 0.25) is 0 Å². The molecule has 2 amide bonds. The molecule has 150 valence electrons. The minimum atomic E-state index is -0.281. The first-order chi connectivity index (χ1) is 14.0. The van der Waals surface area contributed by atoms with Crippen LogP contribution < -0.4 is 16.0 Å². The quantitative estimate of drug-likeness (QED) is 0.496. The number of hydrogen-bond acceptors (Lipinski definition) is 6. The number of nitrogens with one attached hydrogen (secondary N) is 3. The molecule has 0 radical (unpaired) electrons. The first-order valence-electron chi connectivity index (χ1n) is 9.24. The van der Waals surface area contributed by atoms with Gasteiger partial charge in [-0.3, -0.25) is 9.59 Å². The zero-order valence-electron chi connectivity index (χ0n) is 16.3. The van der Waals surface area contributed by atoms with Gasteiger partial charge in [-0.1, -0.05) is 18.2 Å². The number of carbonyl (C=O) groups excluding carboxylic acids is 2. The van der Waals surface area contributed by atoms with Gasteiger partial charge in [-0.2, -0.15) is 5.10 Å². The Morgan fingerprint density at radius 2 is 1.76 bits per heavy atom. The standard InChI is InChI=1S/C20H23N7O2/c1-14-12-15(2)27(26-14)18-9-8-17(24-25-18)21-10-11-22-19(28)13-23-20(29)16-6-4-3-5-7-16/h3-9,12H,10-11,13H2,1-2H3,(H,21,24)(H,22,28)(H,23,29). The van der Waals surface area contributed by atoms with E-state index in [-0.39, 0.29) is 18.4 Å². The molecular weight excluding hydrogens is 370 g/mol. The summed E-state index contributed by atoms with van der Waals surface area (Å²) in [6, 6.07) is 14.4. The smallest absolute Gasteiger partial charge is 0.251 e. The minimum absolute atomic E-state index is 0.0785. The predicted octanol–water partition coefficient (Wildman–Crippen LogP) is 1.24. The van der Waals surface area contributed by atoms with Gasteiger partial charge in [0.2, 0.25) is 5.91 Å². The van der Waals surface area contributed by atoms with Crippen LogP contribution in [0.1, 0.15) is 21.7 Å². The van der Waals surface area contributed by atoms with E-state index in [1.54, 1.807) is 35.0 Å². The van der Waals surface area contributed by atoms with Gasteiger partial charge in [-0.25, -0.2) is 4.68 Å². The van der Waals surface area contributed by atoms with Crippen molar-refractivity contribution in [3.8, 4) is 5.82 Å². The second kappa shape index (κ2) is 9.45. The molecule has 0 unspecified atom stereocenters. The number of amides is 2. The summed E-state index contributed by atoms with van der Waals surface area (Å²) in [5.41, 5.74) is 2.42. The van der Waals surface area contributed by atoms with Crippen LogP contribution in [0.5, 0.6) is 0 Å². The first-order valence-corrected chi connectivity index (χ1v) is 9.24. The van der Waals surface area contributed by atoms with Gasteiger partial charge < -0.3 is 16.0 Å². The largest absolute Gasteiger partial charge is 0.367 e. The van der Waals surface area contributed by atoms with Gasteiger partial charge in [-0.05, 0) is 44.2 Å². The van der Waals surface area contributed by atoms with Gasteiger partial charge in [0, 0.05) is 24.3 Å². The zero-order valence-corrected chi connectivity index (χ0v) is 16.3. The van der Waals surface area contributed by atoms with Crippen molar-refractivity contribution < 1.29 is 9.59 Å². The number of nitrogens with zero attached hydrogens (tertiary/aromatic N) is 4. The average molecular weight is 393 g/mol. The Labute approximate surface area is 168 Å².